The highest BCUT2D eigenvalue weighted by atomic mass is 32.2. The monoisotopic (exact) mass is 489 g/mol. The van der Waals surface area contributed by atoms with Crippen LogP contribution in [0.25, 0.3) is 0 Å². The van der Waals surface area contributed by atoms with Crippen LogP contribution in [0.15, 0.2) is 47.4 Å². The fraction of sp³-hybridized carbons (Fsp3) is 0.440. The Morgan fingerprint density at radius 3 is 2.29 bits per heavy atom. The maximum absolute atomic E-state index is 12.6. The number of rotatable bonds is 11. The molecule has 0 aromatic heterocycles. The van der Waals surface area contributed by atoms with Crippen LogP contribution in [-0.4, -0.2) is 40.1 Å². The molecule has 34 heavy (non-hydrogen) atoms. The molecule has 1 atom stereocenters. The largest absolute Gasteiger partial charge is 0.468 e. The zero-order valence-corrected chi connectivity index (χ0v) is 21.3. The number of anilines is 1. The van der Waals surface area contributed by atoms with Gasteiger partial charge >= 0.3 is 12.0 Å². The molecule has 0 spiro atoms. The molecular weight excluding hydrogens is 454 g/mol. The molecule has 0 saturated heterocycles. The van der Waals surface area contributed by atoms with E-state index in [4.69, 9.17) is 4.74 Å². The Hall–Kier alpha value is -2.91. The number of carbonyl (C=O) groups is 2. The third-order valence-electron chi connectivity index (χ3n) is 5.49. The summed E-state index contributed by atoms with van der Waals surface area (Å²) in [6.07, 6.45) is 1.33. The van der Waals surface area contributed by atoms with Crippen LogP contribution in [0.3, 0.4) is 0 Å². The van der Waals surface area contributed by atoms with Gasteiger partial charge in [0.1, 0.15) is 6.04 Å². The molecule has 9 heteroatoms. The van der Waals surface area contributed by atoms with E-state index in [2.05, 4.69) is 29.2 Å². The normalized spacial score (nSPS) is 12.3. The number of methoxy groups -OCH3 is 1. The van der Waals surface area contributed by atoms with E-state index < -0.39 is 22.0 Å². The van der Waals surface area contributed by atoms with Crippen molar-refractivity contribution in [3.63, 3.8) is 0 Å². The minimum Gasteiger partial charge on any atom is -0.468 e. The van der Waals surface area contributed by atoms with Crippen molar-refractivity contribution < 1.29 is 22.7 Å². The summed E-state index contributed by atoms with van der Waals surface area (Å²) >= 11 is 0. The highest BCUT2D eigenvalue weighted by Crippen LogP contribution is 2.27. The summed E-state index contributed by atoms with van der Waals surface area (Å²) in [5.74, 6) is -0.378. The van der Waals surface area contributed by atoms with E-state index in [1.54, 1.807) is 12.1 Å². The highest BCUT2D eigenvalue weighted by Gasteiger charge is 2.26. The fourth-order valence-corrected chi connectivity index (χ4v) is 4.73. The number of hydrogen-bond acceptors (Lipinski definition) is 5. The first kappa shape index (κ1) is 27.3. The number of ether oxygens (including phenoxy) is 1. The van der Waals surface area contributed by atoms with E-state index in [0.29, 0.717) is 19.4 Å². The molecule has 3 N–H and O–H groups in total. The lowest BCUT2D eigenvalue weighted by molar-refractivity contribution is -0.142. The maximum Gasteiger partial charge on any atom is 0.323 e. The number of esters is 1. The van der Waals surface area contributed by atoms with Crippen molar-refractivity contribution >= 4 is 27.7 Å². The molecule has 2 amide bonds. The smallest absolute Gasteiger partial charge is 0.323 e. The van der Waals surface area contributed by atoms with Crippen LogP contribution in [0.4, 0.5) is 10.5 Å². The minimum atomic E-state index is -3.87. The summed E-state index contributed by atoms with van der Waals surface area (Å²) in [4.78, 5) is 24.6. The molecular formula is C25H35N3O5S. The first-order valence-corrected chi connectivity index (χ1v) is 12.8. The van der Waals surface area contributed by atoms with Gasteiger partial charge in [0, 0.05) is 12.2 Å². The number of amides is 2. The third-order valence-corrected chi connectivity index (χ3v) is 6.97. The summed E-state index contributed by atoms with van der Waals surface area (Å²) in [6, 6.07) is 11.0. The number of benzene rings is 2. The Bertz CT molecular complexity index is 1080. The van der Waals surface area contributed by atoms with Gasteiger partial charge in [0.05, 0.1) is 12.0 Å². The van der Waals surface area contributed by atoms with Crippen LogP contribution in [0.1, 0.15) is 55.7 Å². The number of aryl methyl sites for hydroxylation is 2. The molecule has 0 aliphatic rings. The summed E-state index contributed by atoms with van der Waals surface area (Å²) in [5, 5.41) is 5.74. The van der Waals surface area contributed by atoms with Crippen molar-refractivity contribution in [2.45, 2.75) is 63.8 Å². The second kappa shape index (κ2) is 12.5. The Labute approximate surface area is 202 Å². The highest BCUT2D eigenvalue weighted by molar-refractivity contribution is 7.89. The van der Waals surface area contributed by atoms with Gasteiger partial charge in [0.2, 0.25) is 10.0 Å². The van der Waals surface area contributed by atoms with Gasteiger partial charge in [-0.2, -0.15) is 4.72 Å². The molecule has 0 aliphatic heterocycles. The van der Waals surface area contributed by atoms with Crippen LogP contribution in [0, 0.1) is 13.8 Å². The number of hydrogen-bond donors (Lipinski definition) is 3. The van der Waals surface area contributed by atoms with E-state index in [0.717, 1.165) is 22.4 Å². The molecule has 186 valence electrons. The van der Waals surface area contributed by atoms with Crippen molar-refractivity contribution in [1.29, 1.82) is 0 Å². The molecule has 0 heterocycles. The number of para-hydroxylation sites is 1. The van der Waals surface area contributed by atoms with E-state index in [1.165, 1.54) is 19.2 Å². The molecule has 2 aromatic carbocycles. The summed E-state index contributed by atoms with van der Waals surface area (Å²) in [5.41, 5.74) is 3.80. The molecule has 0 saturated carbocycles. The third kappa shape index (κ3) is 7.85. The number of urea groups is 1. The maximum atomic E-state index is 12.6. The van der Waals surface area contributed by atoms with Crippen LogP contribution in [0.2, 0.25) is 0 Å². The van der Waals surface area contributed by atoms with Gasteiger partial charge in [-0.1, -0.05) is 49.7 Å². The predicted octanol–water partition coefficient (Wildman–Crippen LogP) is 4.24. The zero-order chi connectivity index (χ0) is 25.3. The van der Waals surface area contributed by atoms with E-state index in [9.17, 15) is 18.0 Å². The van der Waals surface area contributed by atoms with Crippen LogP contribution >= 0.6 is 0 Å². The van der Waals surface area contributed by atoms with Crippen LogP contribution < -0.4 is 15.4 Å². The number of carbonyl (C=O) groups excluding carboxylic acids is 2. The van der Waals surface area contributed by atoms with E-state index in [-0.39, 0.29) is 23.3 Å². The Morgan fingerprint density at radius 1 is 1.00 bits per heavy atom. The average molecular weight is 490 g/mol. The van der Waals surface area contributed by atoms with Gasteiger partial charge in [0.25, 0.3) is 0 Å². The summed E-state index contributed by atoms with van der Waals surface area (Å²) < 4.78 is 32.5. The lowest BCUT2D eigenvalue weighted by atomic mass is 9.98. The standard InChI is InChI=1S/C25H35N3O5S/c1-17(2)21-10-8-9-19(4)23(21)27-25(30)26-16-7-6-11-22(24(29)33-5)28-34(31,32)20-14-12-18(3)13-15-20/h8-10,12-15,17,22,28H,6-7,11,16H2,1-5H3,(H2,26,27,30). The summed E-state index contributed by atoms with van der Waals surface area (Å²) in [6.45, 7) is 8.34. The van der Waals surface area contributed by atoms with Gasteiger partial charge in [-0.25, -0.2) is 13.2 Å². The lowest BCUT2D eigenvalue weighted by Crippen LogP contribution is -2.41. The SMILES string of the molecule is COC(=O)C(CCCCNC(=O)Nc1c(C)cccc1C(C)C)NS(=O)(=O)c1ccc(C)cc1. The topological polar surface area (TPSA) is 114 Å². The van der Waals surface area contributed by atoms with Crippen molar-refractivity contribution in [3.05, 3.63) is 59.2 Å². The fourth-order valence-electron chi connectivity index (χ4n) is 3.52. The zero-order valence-electron chi connectivity index (χ0n) is 20.5. The minimum absolute atomic E-state index is 0.0855. The van der Waals surface area contributed by atoms with Crippen molar-refractivity contribution in [1.82, 2.24) is 10.0 Å². The van der Waals surface area contributed by atoms with Crippen molar-refractivity contribution in [2.75, 3.05) is 19.0 Å². The number of unbranched alkanes of at least 4 members (excludes halogenated alkanes) is 1. The first-order chi connectivity index (χ1) is 16.0. The summed E-state index contributed by atoms with van der Waals surface area (Å²) in [7, 11) is -2.65. The number of nitrogens with one attached hydrogen (secondary N) is 3. The molecule has 1 unspecified atom stereocenters. The molecule has 2 rings (SSSR count). The Balaban J connectivity index is 1.87. The van der Waals surface area contributed by atoms with Gasteiger partial charge in [-0.05, 0) is 62.3 Å². The van der Waals surface area contributed by atoms with E-state index in [1.807, 2.05) is 32.0 Å². The molecule has 0 aliphatic carbocycles. The van der Waals surface area contributed by atoms with Crippen LogP contribution in [0.5, 0.6) is 0 Å². The van der Waals surface area contributed by atoms with Crippen molar-refractivity contribution in [3.8, 4) is 0 Å². The Kier molecular flexibility index (Phi) is 10.1. The second-order valence-electron chi connectivity index (χ2n) is 8.58. The number of sulfonamides is 1. The quantitative estimate of drug-likeness (QED) is 0.323. The molecule has 2 aromatic rings. The first-order valence-electron chi connectivity index (χ1n) is 11.4. The van der Waals surface area contributed by atoms with Crippen LogP contribution in [-0.2, 0) is 19.6 Å². The van der Waals surface area contributed by atoms with E-state index >= 15 is 0 Å². The Morgan fingerprint density at radius 2 is 1.68 bits per heavy atom. The van der Waals surface area contributed by atoms with Gasteiger partial charge in [-0.15, -0.1) is 0 Å². The average Bonchev–Trinajstić information content (AvgIpc) is 2.78. The molecule has 0 fully saturated rings. The van der Waals surface area contributed by atoms with Gasteiger partial charge < -0.3 is 15.4 Å². The van der Waals surface area contributed by atoms with Gasteiger partial charge in [0.15, 0.2) is 0 Å². The molecule has 8 nitrogen and oxygen atoms in total. The van der Waals surface area contributed by atoms with Crippen molar-refractivity contribution in [2.24, 2.45) is 0 Å². The predicted molar refractivity (Wildman–Crippen MR) is 133 cm³/mol. The second-order valence-corrected chi connectivity index (χ2v) is 10.3. The lowest BCUT2D eigenvalue weighted by Gasteiger charge is -2.18. The molecule has 0 radical (unpaired) electrons. The van der Waals surface area contributed by atoms with Gasteiger partial charge in [-0.3, -0.25) is 4.79 Å². The molecule has 0 bridgehead atoms.